The van der Waals surface area contributed by atoms with Crippen molar-refractivity contribution in [2.24, 2.45) is 7.05 Å². The van der Waals surface area contributed by atoms with Crippen LogP contribution >= 0.6 is 12.4 Å². The van der Waals surface area contributed by atoms with Crippen molar-refractivity contribution in [3.63, 3.8) is 0 Å². The lowest BCUT2D eigenvalue weighted by Crippen LogP contribution is -2.46. The molecule has 2 heterocycles. The van der Waals surface area contributed by atoms with Crippen LogP contribution in [-0.4, -0.2) is 46.1 Å². The predicted molar refractivity (Wildman–Crippen MR) is 96.1 cm³/mol. The van der Waals surface area contributed by atoms with E-state index in [0.29, 0.717) is 12.3 Å². The maximum Gasteiger partial charge on any atom is 0.270 e. The lowest BCUT2D eigenvalue weighted by molar-refractivity contribution is -0.385. The zero-order chi connectivity index (χ0) is 17.1. The summed E-state index contributed by atoms with van der Waals surface area (Å²) in [6.07, 6.45) is 3.71. The molecular formula is C16H22ClN5O3. The number of aryl methyl sites for hydroxylation is 1. The van der Waals surface area contributed by atoms with Crippen molar-refractivity contribution in [1.82, 2.24) is 19.8 Å². The van der Waals surface area contributed by atoms with Gasteiger partial charge < -0.3 is 14.6 Å². The van der Waals surface area contributed by atoms with Gasteiger partial charge in [-0.05, 0) is 6.07 Å². The van der Waals surface area contributed by atoms with Crippen molar-refractivity contribution >= 4 is 18.1 Å². The summed E-state index contributed by atoms with van der Waals surface area (Å²) >= 11 is 0. The Morgan fingerprint density at radius 3 is 2.92 bits per heavy atom. The van der Waals surface area contributed by atoms with Crippen molar-refractivity contribution in [3.05, 3.63) is 52.1 Å². The Morgan fingerprint density at radius 2 is 2.28 bits per heavy atom. The topological polar surface area (TPSA) is 85.5 Å². The largest absolute Gasteiger partial charge is 0.496 e. The fourth-order valence-corrected chi connectivity index (χ4v) is 3.11. The van der Waals surface area contributed by atoms with Crippen molar-refractivity contribution in [2.75, 3.05) is 26.7 Å². The minimum atomic E-state index is -0.378. The molecule has 1 unspecified atom stereocenters. The zero-order valence-electron chi connectivity index (χ0n) is 14.2. The Labute approximate surface area is 152 Å². The molecule has 2 aromatic rings. The molecule has 1 N–H and O–H groups in total. The quantitative estimate of drug-likeness (QED) is 0.641. The maximum atomic E-state index is 11.1. The average Bonchev–Trinajstić information content (AvgIpc) is 3.01. The number of nitro benzene ring substituents is 1. The normalized spacial score (nSPS) is 17.8. The molecule has 1 atom stereocenters. The zero-order valence-corrected chi connectivity index (χ0v) is 15.0. The van der Waals surface area contributed by atoms with Crippen LogP contribution in [-0.2, 0) is 13.6 Å². The van der Waals surface area contributed by atoms with E-state index in [-0.39, 0.29) is 29.1 Å². The molecule has 0 amide bonds. The molecule has 3 rings (SSSR count). The monoisotopic (exact) mass is 367 g/mol. The molecule has 1 fully saturated rings. The number of hydrogen-bond donors (Lipinski definition) is 1. The number of hydrogen-bond acceptors (Lipinski definition) is 6. The molecule has 25 heavy (non-hydrogen) atoms. The van der Waals surface area contributed by atoms with Crippen molar-refractivity contribution < 1.29 is 9.66 Å². The molecule has 1 aliphatic rings. The number of nitrogens with zero attached hydrogens (tertiary/aromatic N) is 4. The molecule has 9 heteroatoms. The van der Waals surface area contributed by atoms with Crippen LogP contribution in [0.5, 0.6) is 5.75 Å². The molecule has 8 nitrogen and oxygen atoms in total. The van der Waals surface area contributed by atoms with Crippen LogP contribution in [0.3, 0.4) is 0 Å². The molecule has 0 saturated carbocycles. The highest BCUT2D eigenvalue weighted by Gasteiger charge is 2.28. The molecule has 0 spiro atoms. The second-order valence-corrected chi connectivity index (χ2v) is 5.84. The van der Waals surface area contributed by atoms with Gasteiger partial charge in [-0.25, -0.2) is 4.98 Å². The molecule has 0 radical (unpaired) electrons. The number of halogens is 1. The number of imidazole rings is 1. The SMILES string of the molecule is COc1ccc([N+](=O)[O-])cc1CN1CCNCC1c1nccn1C.Cl. The standard InChI is InChI=1S/C16H21N5O3.ClH/c1-19-7-6-18-16(19)14-10-17-5-8-20(14)11-12-9-13(21(22)23)3-4-15(12)24-2;/h3-4,6-7,9,14,17H,5,8,10-11H2,1-2H3;1H. The van der Waals surface area contributed by atoms with Gasteiger partial charge in [0.05, 0.1) is 18.1 Å². The van der Waals surface area contributed by atoms with Gasteiger partial charge in [0.15, 0.2) is 0 Å². The van der Waals surface area contributed by atoms with Gasteiger partial charge >= 0.3 is 0 Å². The average molecular weight is 368 g/mol. The van der Waals surface area contributed by atoms with Gasteiger partial charge in [0.2, 0.25) is 0 Å². The summed E-state index contributed by atoms with van der Waals surface area (Å²) in [5.74, 6) is 1.64. The molecule has 136 valence electrons. The second kappa shape index (κ2) is 8.28. The van der Waals surface area contributed by atoms with Crippen LogP contribution in [0, 0.1) is 10.1 Å². The van der Waals surface area contributed by atoms with Gasteiger partial charge in [-0.3, -0.25) is 15.0 Å². The molecule has 0 aliphatic carbocycles. The van der Waals surface area contributed by atoms with Crippen LogP contribution in [0.2, 0.25) is 0 Å². The van der Waals surface area contributed by atoms with Crippen molar-refractivity contribution in [2.45, 2.75) is 12.6 Å². The Balaban J connectivity index is 0.00000225. The van der Waals surface area contributed by atoms with Crippen LogP contribution in [0.15, 0.2) is 30.6 Å². The first-order chi connectivity index (χ1) is 11.6. The van der Waals surface area contributed by atoms with E-state index < -0.39 is 0 Å². The van der Waals surface area contributed by atoms with Gasteiger partial charge in [-0.15, -0.1) is 12.4 Å². The Kier molecular flexibility index (Phi) is 6.35. The number of benzene rings is 1. The Hall–Kier alpha value is -2.16. The van der Waals surface area contributed by atoms with Gasteiger partial charge in [0.25, 0.3) is 5.69 Å². The van der Waals surface area contributed by atoms with Crippen molar-refractivity contribution in [3.8, 4) is 5.75 Å². The van der Waals surface area contributed by atoms with Crippen LogP contribution < -0.4 is 10.1 Å². The highest BCUT2D eigenvalue weighted by atomic mass is 35.5. The van der Waals surface area contributed by atoms with Gasteiger partial charge in [-0.1, -0.05) is 0 Å². The number of piperazine rings is 1. The third-order valence-corrected chi connectivity index (χ3v) is 4.36. The van der Waals surface area contributed by atoms with Gasteiger partial charge in [-0.2, -0.15) is 0 Å². The molecule has 1 aliphatic heterocycles. The van der Waals surface area contributed by atoms with E-state index in [1.54, 1.807) is 25.4 Å². The van der Waals surface area contributed by atoms with Crippen LogP contribution in [0.1, 0.15) is 17.4 Å². The molecule has 0 bridgehead atoms. The number of methoxy groups -OCH3 is 1. The van der Waals surface area contributed by atoms with E-state index in [4.69, 9.17) is 4.74 Å². The van der Waals surface area contributed by atoms with E-state index in [2.05, 4.69) is 15.2 Å². The lowest BCUT2D eigenvalue weighted by Gasteiger charge is -2.35. The smallest absolute Gasteiger partial charge is 0.270 e. The lowest BCUT2D eigenvalue weighted by atomic mass is 10.1. The number of nitro groups is 1. The van der Waals surface area contributed by atoms with E-state index in [9.17, 15) is 10.1 Å². The fourth-order valence-electron chi connectivity index (χ4n) is 3.11. The Bertz CT molecular complexity index is 736. The number of rotatable bonds is 5. The second-order valence-electron chi connectivity index (χ2n) is 5.84. The summed E-state index contributed by atoms with van der Waals surface area (Å²) < 4.78 is 7.39. The summed E-state index contributed by atoms with van der Waals surface area (Å²) in [6, 6.07) is 4.83. The van der Waals surface area contributed by atoms with Crippen LogP contribution in [0.25, 0.3) is 0 Å². The molecule has 1 aromatic heterocycles. The fraction of sp³-hybridized carbons (Fsp3) is 0.438. The number of nitrogens with one attached hydrogen (secondary N) is 1. The summed E-state index contributed by atoms with van der Waals surface area (Å²) in [5.41, 5.74) is 0.891. The van der Waals surface area contributed by atoms with E-state index in [1.165, 1.54) is 6.07 Å². The Morgan fingerprint density at radius 1 is 1.48 bits per heavy atom. The van der Waals surface area contributed by atoms with Crippen molar-refractivity contribution in [1.29, 1.82) is 0 Å². The first-order valence-electron chi connectivity index (χ1n) is 7.83. The summed E-state index contributed by atoms with van der Waals surface area (Å²) in [5, 5.41) is 14.5. The minimum Gasteiger partial charge on any atom is -0.496 e. The highest BCUT2D eigenvalue weighted by molar-refractivity contribution is 5.85. The van der Waals surface area contributed by atoms with E-state index in [0.717, 1.165) is 31.0 Å². The first-order valence-corrected chi connectivity index (χ1v) is 7.83. The highest BCUT2D eigenvalue weighted by Crippen LogP contribution is 2.29. The van der Waals surface area contributed by atoms with E-state index >= 15 is 0 Å². The number of ether oxygens (including phenoxy) is 1. The van der Waals surface area contributed by atoms with Gasteiger partial charge in [0, 0.05) is 63.3 Å². The van der Waals surface area contributed by atoms with E-state index in [1.807, 2.05) is 17.8 Å². The van der Waals surface area contributed by atoms with Crippen LogP contribution in [0.4, 0.5) is 5.69 Å². The summed E-state index contributed by atoms with van der Waals surface area (Å²) in [4.78, 5) is 17.4. The third-order valence-electron chi connectivity index (χ3n) is 4.36. The summed E-state index contributed by atoms with van der Waals surface area (Å²) in [7, 11) is 3.56. The third kappa shape index (κ3) is 4.09. The number of non-ortho nitro benzene ring substituents is 1. The maximum absolute atomic E-state index is 11.1. The molecule has 1 saturated heterocycles. The molecular weight excluding hydrogens is 346 g/mol. The summed E-state index contributed by atoms with van der Waals surface area (Å²) in [6.45, 7) is 3.08. The number of aromatic nitrogens is 2. The molecule has 1 aromatic carbocycles. The first kappa shape index (κ1) is 19.2. The predicted octanol–water partition coefficient (Wildman–Crippen LogP) is 1.91. The minimum absolute atomic E-state index is 0. The van der Waals surface area contributed by atoms with Gasteiger partial charge in [0.1, 0.15) is 11.6 Å².